The molecule has 1 aromatic heterocycles. The summed E-state index contributed by atoms with van der Waals surface area (Å²) in [6.07, 6.45) is 1.06. The second-order valence-corrected chi connectivity index (χ2v) is 4.22. The second-order valence-electron chi connectivity index (χ2n) is 3.85. The first kappa shape index (κ1) is 11.0. The van der Waals surface area contributed by atoms with Crippen molar-refractivity contribution in [2.75, 3.05) is 26.2 Å². The summed E-state index contributed by atoms with van der Waals surface area (Å²) in [5.41, 5.74) is 0. The molecule has 4 heteroatoms. The highest BCUT2D eigenvalue weighted by Crippen LogP contribution is 2.27. The second kappa shape index (κ2) is 5.01. The zero-order valence-electron chi connectivity index (χ0n) is 9.00. The van der Waals surface area contributed by atoms with Gasteiger partial charge < -0.3 is 9.73 Å². The fraction of sp³-hybridized carbons (Fsp3) is 0.636. The Balaban J connectivity index is 2.08. The Kier molecular flexibility index (Phi) is 3.67. The van der Waals surface area contributed by atoms with Crippen LogP contribution in [0, 0.1) is 0 Å². The highest BCUT2D eigenvalue weighted by molar-refractivity contribution is 6.28. The first-order chi connectivity index (χ1) is 7.31. The van der Waals surface area contributed by atoms with E-state index in [1.807, 2.05) is 12.1 Å². The van der Waals surface area contributed by atoms with Gasteiger partial charge >= 0.3 is 0 Å². The molecular formula is C11H17ClN2O. The van der Waals surface area contributed by atoms with Crippen molar-refractivity contribution in [2.24, 2.45) is 0 Å². The molecule has 1 N–H and O–H groups in total. The van der Waals surface area contributed by atoms with Crippen molar-refractivity contribution >= 4 is 11.6 Å². The van der Waals surface area contributed by atoms with Crippen LogP contribution >= 0.6 is 11.6 Å². The third kappa shape index (κ3) is 2.54. The van der Waals surface area contributed by atoms with E-state index in [4.69, 9.17) is 16.0 Å². The van der Waals surface area contributed by atoms with Gasteiger partial charge in [-0.1, -0.05) is 6.92 Å². The van der Waals surface area contributed by atoms with Crippen LogP contribution < -0.4 is 5.32 Å². The molecule has 3 nitrogen and oxygen atoms in total. The van der Waals surface area contributed by atoms with Gasteiger partial charge in [0.25, 0.3) is 0 Å². The van der Waals surface area contributed by atoms with Crippen molar-refractivity contribution in [3.05, 3.63) is 23.1 Å². The van der Waals surface area contributed by atoms with Crippen LogP contribution in [0.1, 0.15) is 25.1 Å². The lowest BCUT2D eigenvalue weighted by Gasteiger charge is -2.33. The molecule has 0 aliphatic carbocycles. The molecular weight excluding hydrogens is 212 g/mol. The van der Waals surface area contributed by atoms with Gasteiger partial charge in [-0.25, -0.2) is 0 Å². The fourth-order valence-electron chi connectivity index (χ4n) is 2.14. The van der Waals surface area contributed by atoms with Crippen LogP contribution in [-0.2, 0) is 0 Å². The van der Waals surface area contributed by atoms with E-state index in [0.717, 1.165) is 38.4 Å². The topological polar surface area (TPSA) is 28.4 Å². The molecule has 2 rings (SSSR count). The van der Waals surface area contributed by atoms with E-state index in [1.54, 1.807) is 0 Å². The van der Waals surface area contributed by atoms with Crippen molar-refractivity contribution in [3.63, 3.8) is 0 Å². The van der Waals surface area contributed by atoms with Crippen LogP contribution in [0.25, 0.3) is 0 Å². The molecule has 0 saturated carbocycles. The maximum Gasteiger partial charge on any atom is 0.193 e. The summed E-state index contributed by atoms with van der Waals surface area (Å²) < 4.78 is 5.49. The Morgan fingerprint density at radius 2 is 2.20 bits per heavy atom. The van der Waals surface area contributed by atoms with E-state index in [0.29, 0.717) is 11.3 Å². The molecule has 1 atom stereocenters. The number of rotatable bonds is 3. The van der Waals surface area contributed by atoms with E-state index in [1.165, 1.54) is 0 Å². The van der Waals surface area contributed by atoms with Gasteiger partial charge in [0.05, 0.1) is 6.04 Å². The van der Waals surface area contributed by atoms with Gasteiger partial charge in [0.1, 0.15) is 5.76 Å². The zero-order valence-corrected chi connectivity index (χ0v) is 9.76. The van der Waals surface area contributed by atoms with Gasteiger partial charge in [0, 0.05) is 26.2 Å². The highest BCUT2D eigenvalue weighted by atomic mass is 35.5. The molecule has 15 heavy (non-hydrogen) atoms. The largest absolute Gasteiger partial charge is 0.448 e. The molecule has 0 amide bonds. The Morgan fingerprint density at radius 3 is 2.73 bits per heavy atom. The number of nitrogens with one attached hydrogen (secondary N) is 1. The molecule has 84 valence electrons. The maximum atomic E-state index is 5.80. The quantitative estimate of drug-likeness (QED) is 0.861. The molecule has 1 aromatic rings. The number of halogens is 1. The molecule has 0 spiro atoms. The first-order valence-electron chi connectivity index (χ1n) is 5.51. The van der Waals surface area contributed by atoms with Crippen LogP contribution in [0.5, 0.6) is 0 Å². The van der Waals surface area contributed by atoms with Gasteiger partial charge in [-0.3, -0.25) is 4.90 Å². The monoisotopic (exact) mass is 228 g/mol. The Labute approximate surface area is 95.4 Å². The minimum Gasteiger partial charge on any atom is -0.448 e. The molecule has 0 aromatic carbocycles. The summed E-state index contributed by atoms with van der Waals surface area (Å²) in [4.78, 5) is 2.45. The molecule has 1 unspecified atom stereocenters. The van der Waals surface area contributed by atoms with Crippen LogP contribution in [0.2, 0.25) is 5.22 Å². The van der Waals surface area contributed by atoms with Crippen molar-refractivity contribution in [3.8, 4) is 0 Å². The molecule has 1 aliphatic heterocycles. The summed E-state index contributed by atoms with van der Waals surface area (Å²) in [5, 5.41) is 3.84. The van der Waals surface area contributed by atoms with E-state index < -0.39 is 0 Å². The number of hydrogen-bond donors (Lipinski definition) is 1. The predicted molar refractivity (Wildman–Crippen MR) is 61.2 cm³/mol. The fourth-order valence-corrected chi connectivity index (χ4v) is 2.29. The summed E-state index contributed by atoms with van der Waals surface area (Å²) in [7, 11) is 0. The average molecular weight is 229 g/mol. The molecule has 1 aliphatic rings. The van der Waals surface area contributed by atoms with Crippen LogP contribution in [0.4, 0.5) is 0 Å². The van der Waals surface area contributed by atoms with Gasteiger partial charge in [-0.15, -0.1) is 0 Å². The van der Waals surface area contributed by atoms with Gasteiger partial charge in [-0.05, 0) is 30.2 Å². The zero-order chi connectivity index (χ0) is 10.7. The highest BCUT2D eigenvalue weighted by Gasteiger charge is 2.22. The minimum absolute atomic E-state index is 0.375. The van der Waals surface area contributed by atoms with E-state index in [9.17, 15) is 0 Å². The van der Waals surface area contributed by atoms with E-state index >= 15 is 0 Å². The Hall–Kier alpha value is -0.510. The predicted octanol–water partition coefficient (Wildman–Crippen LogP) is 2.29. The lowest BCUT2D eigenvalue weighted by Crippen LogP contribution is -2.44. The SMILES string of the molecule is CCC(c1ccc(Cl)o1)N1CCNCC1. The molecule has 0 bridgehead atoms. The van der Waals surface area contributed by atoms with Crippen molar-refractivity contribution in [1.82, 2.24) is 10.2 Å². The third-order valence-electron chi connectivity index (χ3n) is 2.90. The average Bonchev–Trinajstić information content (AvgIpc) is 2.68. The lowest BCUT2D eigenvalue weighted by atomic mass is 10.1. The molecule has 0 radical (unpaired) electrons. The Bertz CT molecular complexity index is 307. The molecule has 1 saturated heterocycles. The lowest BCUT2D eigenvalue weighted by molar-refractivity contribution is 0.150. The van der Waals surface area contributed by atoms with Crippen LogP contribution in [-0.4, -0.2) is 31.1 Å². The van der Waals surface area contributed by atoms with Crippen molar-refractivity contribution in [1.29, 1.82) is 0 Å². The number of piperazine rings is 1. The molecule has 1 fully saturated rings. The number of furan rings is 1. The van der Waals surface area contributed by atoms with E-state index in [-0.39, 0.29) is 0 Å². The summed E-state index contributed by atoms with van der Waals surface area (Å²) in [5.74, 6) is 0.990. The maximum absolute atomic E-state index is 5.80. The number of nitrogens with zero attached hydrogens (tertiary/aromatic N) is 1. The van der Waals surface area contributed by atoms with Crippen molar-refractivity contribution in [2.45, 2.75) is 19.4 Å². The third-order valence-corrected chi connectivity index (χ3v) is 3.10. The number of hydrogen-bond acceptors (Lipinski definition) is 3. The Morgan fingerprint density at radius 1 is 1.47 bits per heavy atom. The minimum atomic E-state index is 0.375. The van der Waals surface area contributed by atoms with Gasteiger partial charge in [-0.2, -0.15) is 0 Å². The van der Waals surface area contributed by atoms with Crippen LogP contribution in [0.3, 0.4) is 0 Å². The van der Waals surface area contributed by atoms with Crippen molar-refractivity contribution < 1.29 is 4.42 Å². The van der Waals surface area contributed by atoms with Crippen LogP contribution in [0.15, 0.2) is 16.5 Å². The normalized spacial score (nSPS) is 20.4. The summed E-state index contributed by atoms with van der Waals surface area (Å²) in [6, 6.07) is 4.18. The van der Waals surface area contributed by atoms with Gasteiger partial charge in [0.15, 0.2) is 5.22 Å². The summed E-state index contributed by atoms with van der Waals surface area (Å²) >= 11 is 5.80. The van der Waals surface area contributed by atoms with E-state index in [2.05, 4.69) is 17.1 Å². The standard InChI is InChI=1S/C11H17ClN2O/c1-2-9(10-3-4-11(12)15-10)14-7-5-13-6-8-14/h3-4,9,13H,2,5-8H2,1H3. The smallest absolute Gasteiger partial charge is 0.193 e. The molecule has 2 heterocycles. The first-order valence-corrected chi connectivity index (χ1v) is 5.89. The summed E-state index contributed by atoms with van der Waals surface area (Å²) in [6.45, 7) is 6.46. The van der Waals surface area contributed by atoms with Gasteiger partial charge in [0.2, 0.25) is 0 Å².